The van der Waals surface area contributed by atoms with Crippen LogP contribution in [0.4, 0.5) is 16.0 Å². The Hall–Kier alpha value is -4.21. The maximum atomic E-state index is 14.0. The van der Waals surface area contributed by atoms with Gasteiger partial charge in [-0.2, -0.15) is 9.37 Å². The monoisotopic (exact) mass is 503 g/mol. The molecule has 1 amide bonds. The number of nitrogens with one attached hydrogen (secondary N) is 2. The topological polar surface area (TPSA) is 119 Å². The summed E-state index contributed by atoms with van der Waals surface area (Å²) in [7, 11) is 0. The summed E-state index contributed by atoms with van der Waals surface area (Å²) >= 11 is 0. The molecule has 0 spiro atoms. The molecule has 0 unspecified atom stereocenters. The normalized spacial score (nSPS) is 12.3. The number of hydrogen-bond acceptors (Lipinski definition) is 8. The molecule has 0 saturated carbocycles. The summed E-state index contributed by atoms with van der Waals surface area (Å²) in [6.07, 6.45) is 2.01. The number of hydrogen-bond donors (Lipinski definition) is 2. The van der Waals surface area contributed by atoms with Crippen molar-refractivity contribution in [3.63, 3.8) is 0 Å². The van der Waals surface area contributed by atoms with Gasteiger partial charge in [-0.25, -0.2) is 15.0 Å². The van der Waals surface area contributed by atoms with E-state index in [9.17, 15) is 9.18 Å². The zero-order chi connectivity index (χ0) is 26.7. The second-order valence-electron chi connectivity index (χ2n) is 9.85. The quantitative estimate of drug-likeness (QED) is 0.319. The highest BCUT2D eigenvalue weighted by Gasteiger charge is 2.25. The molecular weight excluding hydrogens is 473 g/mol. The lowest BCUT2D eigenvalue weighted by Gasteiger charge is -2.16. The fourth-order valence-corrected chi connectivity index (χ4v) is 3.79. The lowest BCUT2D eigenvalue weighted by Crippen LogP contribution is -2.27. The molecule has 0 bridgehead atoms. The van der Waals surface area contributed by atoms with Crippen LogP contribution < -0.4 is 10.6 Å². The van der Waals surface area contributed by atoms with Crippen molar-refractivity contribution in [1.82, 2.24) is 30.4 Å². The van der Waals surface area contributed by atoms with Crippen LogP contribution in [0, 0.1) is 12.9 Å². The number of halogens is 1. The first-order valence-corrected chi connectivity index (χ1v) is 12.1. The molecule has 4 aromatic rings. The minimum Gasteiger partial charge on any atom is -0.341 e. The van der Waals surface area contributed by atoms with E-state index in [1.807, 2.05) is 59.7 Å². The number of pyridine rings is 1. The second-order valence-corrected chi connectivity index (χ2v) is 9.85. The van der Waals surface area contributed by atoms with E-state index in [0.29, 0.717) is 35.1 Å². The standard InChI is InChI=1S/C27H30FN7O2/c1-7-17-9-11-21(33-23(17)28)32-22-13-20(29-14-30-22)18-8-10-19(15(2)12-18)16(3)31-24(36)25-34-26(35-37-25)27(4,5)6/h8-14,16H,7H2,1-6H3,(H,31,36)(H,29,30,32,33)/t16-/m1/s1. The summed E-state index contributed by atoms with van der Waals surface area (Å²) in [5, 5.41) is 9.86. The SMILES string of the molecule is CCc1ccc(Nc2cc(-c3ccc([C@@H](C)NC(=O)c4nc(C(C)(C)C)no4)c(C)c3)ncn2)nc1F. The average Bonchev–Trinajstić information content (AvgIpc) is 3.36. The second kappa shape index (κ2) is 10.4. The molecule has 0 aliphatic heterocycles. The number of amides is 1. The Bertz CT molecular complexity index is 1430. The molecule has 10 heteroatoms. The van der Waals surface area contributed by atoms with E-state index in [-0.39, 0.29) is 17.3 Å². The van der Waals surface area contributed by atoms with Crippen LogP contribution in [0.2, 0.25) is 0 Å². The Morgan fingerprint density at radius 2 is 1.86 bits per heavy atom. The van der Waals surface area contributed by atoms with Crippen molar-refractivity contribution in [2.24, 2.45) is 0 Å². The summed E-state index contributed by atoms with van der Waals surface area (Å²) < 4.78 is 19.2. The Labute approximate surface area is 215 Å². The number of aryl methyl sites for hydroxylation is 2. The van der Waals surface area contributed by atoms with Gasteiger partial charge in [-0.05, 0) is 43.5 Å². The Morgan fingerprint density at radius 1 is 1.08 bits per heavy atom. The minimum absolute atomic E-state index is 0.0641. The van der Waals surface area contributed by atoms with Gasteiger partial charge in [0.2, 0.25) is 5.95 Å². The van der Waals surface area contributed by atoms with E-state index >= 15 is 0 Å². The van der Waals surface area contributed by atoms with E-state index in [1.165, 1.54) is 6.33 Å². The predicted octanol–water partition coefficient (Wildman–Crippen LogP) is 5.46. The van der Waals surface area contributed by atoms with Gasteiger partial charge in [0, 0.05) is 22.6 Å². The molecule has 3 heterocycles. The first kappa shape index (κ1) is 25.9. The first-order chi connectivity index (χ1) is 17.5. The number of carbonyl (C=O) groups is 1. The molecule has 1 atom stereocenters. The van der Waals surface area contributed by atoms with Crippen LogP contribution in [0.1, 0.15) is 73.9 Å². The fourth-order valence-electron chi connectivity index (χ4n) is 3.79. The van der Waals surface area contributed by atoms with E-state index in [4.69, 9.17) is 4.52 Å². The number of rotatable bonds is 7. The number of benzene rings is 1. The molecule has 0 fully saturated rings. The summed E-state index contributed by atoms with van der Waals surface area (Å²) in [5.41, 5.74) is 3.71. The van der Waals surface area contributed by atoms with Gasteiger partial charge >= 0.3 is 11.8 Å². The zero-order valence-corrected chi connectivity index (χ0v) is 21.8. The lowest BCUT2D eigenvalue weighted by atomic mass is 9.96. The summed E-state index contributed by atoms with van der Waals surface area (Å²) in [5.74, 6) is 0.351. The average molecular weight is 504 g/mol. The lowest BCUT2D eigenvalue weighted by molar-refractivity contribution is 0.0895. The summed E-state index contributed by atoms with van der Waals surface area (Å²) in [4.78, 5) is 29.4. The van der Waals surface area contributed by atoms with Crippen molar-refractivity contribution in [2.75, 3.05) is 5.32 Å². The van der Waals surface area contributed by atoms with E-state index < -0.39 is 11.9 Å². The van der Waals surface area contributed by atoms with Crippen molar-refractivity contribution in [3.05, 3.63) is 77.1 Å². The van der Waals surface area contributed by atoms with Crippen LogP contribution in [-0.4, -0.2) is 31.0 Å². The molecule has 37 heavy (non-hydrogen) atoms. The highest BCUT2D eigenvalue weighted by atomic mass is 19.1. The maximum absolute atomic E-state index is 14.0. The van der Waals surface area contributed by atoms with Crippen LogP contribution in [0.25, 0.3) is 11.3 Å². The van der Waals surface area contributed by atoms with E-state index in [2.05, 4.69) is 35.7 Å². The molecule has 2 N–H and O–H groups in total. The zero-order valence-electron chi connectivity index (χ0n) is 21.8. The van der Waals surface area contributed by atoms with Gasteiger partial charge in [-0.15, -0.1) is 0 Å². The number of anilines is 2. The maximum Gasteiger partial charge on any atom is 0.315 e. The van der Waals surface area contributed by atoms with Gasteiger partial charge < -0.3 is 15.2 Å². The Kier molecular flexibility index (Phi) is 7.28. The van der Waals surface area contributed by atoms with Crippen molar-refractivity contribution >= 4 is 17.5 Å². The van der Waals surface area contributed by atoms with Gasteiger partial charge in [0.05, 0.1) is 11.7 Å². The summed E-state index contributed by atoms with van der Waals surface area (Å²) in [6.45, 7) is 11.6. The van der Waals surface area contributed by atoms with Crippen LogP contribution in [-0.2, 0) is 11.8 Å². The van der Waals surface area contributed by atoms with E-state index in [0.717, 1.165) is 16.7 Å². The van der Waals surface area contributed by atoms with Crippen molar-refractivity contribution in [3.8, 4) is 11.3 Å². The van der Waals surface area contributed by atoms with Crippen LogP contribution in [0.15, 0.2) is 47.2 Å². The first-order valence-electron chi connectivity index (χ1n) is 12.1. The van der Waals surface area contributed by atoms with Crippen molar-refractivity contribution in [1.29, 1.82) is 0 Å². The van der Waals surface area contributed by atoms with Gasteiger partial charge in [0.25, 0.3) is 0 Å². The van der Waals surface area contributed by atoms with Crippen molar-refractivity contribution in [2.45, 2.75) is 59.4 Å². The highest BCUT2D eigenvalue weighted by molar-refractivity contribution is 5.89. The Balaban J connectivity index is 1.48. The van der Waals surface area contributed by atoms with Gasteiger partial charge in [-0.1, -0.05) is 51.1 Å². The van der Waals surface area contributed by atoms with Crippen LogP contribution in [0.3, 0.4) is 0 Å². The third-order valence-corrected chi connectivity index (χ3v) is 5.90. The minimum atomic E-state index is -0.497. The highest BCUT2D eigenvalue weighted by Crippen LogP contribution is 2.26. The summed E-state index contributed by atoms with van der Waals surface area (Å²) in [6, 6.07) is 10.8. The molecule has 1 aromatic carbocycles. The molecule has 0 aliphatic carbocycles. The number of aromatic nitrogens is 5. The smallest absolute Gasteiger partial charge is 0.315 e. The van der Waals surface area contributed by atoms with Crippen LogP contribution in [0.5, 0.6) is 0 Å². The van der Waals surface area contributed by atoms with Gasteiger partial charge in [0.1, 0.15) is 18.0 Å². The molecule has 4 rings (SSSR count). The molecule has 9 nitrogen and oxygen atoms in total. The van der Waals surface area contributed by atoms with Gasteiger partial charge in [-0.3, -0.25) is 4.79 Å². The molecular formula is C27H30FN7O2. The molecule has 192 valence electrons. The van der Waals surface area contributed by atoms with Crippen molar-refractivity contribution < 1.29 is 13.7 Å². The Morgan fingerprint density at radius 3 is 2.51 bits per heavy atom. The molecule has 3 aromatic heterocycles. The largest absolute Gasteiger partial charge is 0.341 e. The number of nitrogens with zero attached hydrogens (tertiary/aromatic N) is 5. The van der Waals surface area contributed by atoms with E-state index in [1.54, 1.807) is 18.2 Å². The van der Waals surface area contributed by atoms with Gasteiger partial charge in [0.15, 0.2) is 5.82 Å². The number of carbonyl (C=O) groups excluding carboxylic acids is 1. The molecule has 0 radical (unpaired) electrons. The third kappa shape index (κ3) is 5.96. The fraction of sp³-hybridized carbons (Fsp3) is 0.333. The third-order valence-electron chi connectivity index (χ3n) is 5.90. The molecule has 0 saturated heterocycles. The molecule has 0 aliphatic rings. The van der Waals surface area contributed by atoms with Crippen LogP contribution >= 0.6 is 0 Å². The predicted molar refractivity (Wildman–Crippen MR) is 138 cm³/mol.